The molecule has 0 atom stereocenters. The third-order valence-electron chi connectivity index (χ3n) is 4.65. The molecule has 1 nitrogen and oxygen atoms in total. The van der Waals surface area contributed by atoms with Gasteiger partial charge in [0, 0.05) is 28.2 Å². The van der Waals surface area contributed by atoms with Crippen LogP contribution in [0.4, 0.5) is 5.69 Å². The maximum absolute atomic E-state index is 5.47. The van der Waals surface area contributed by atoms with Gasteiger partial charge in [-0.1, -0.05) is 84.0 Å². The SMILES string of the molecule is CC(C)(C)P1(C(C)(C)C)=Nc2ccccc2-c2ccccc21. The molecule has 1 aliphatic rings. The fourth-order valence-electron chi connectivity index (χ4n) is 4.02. The first-order valence-electron chi connectivity index (χ1n) is 8.00. The Labute approximate surface area is 134 Å². The van der Waals surface area contributed by atoms with E-state index in [0.717, 1.165) is 0 Å². The quantitative estimate of drug-likeness (QED) is 0.498. The lowest BCUT2D eigenvalue weighted by molar-refractivity contribution is 0.703. The third kappa shape index (κ3) is 2.02. The van der Waals surface area contributed by atoms with Gasteiger partial charge in [0.1, 0.15) is 0 Å². The molecule has 2 aromatic rings. The van der Waals surface area contributed by atoms with E-state index < -0.39 is 7.05 Å². The average molecular weight is 311 g/mol. The summed E-state index contributed by atoms with van der Waals surface area (Å²) in [7, 11) is -1.76. The van der Waals surface area contributed by atoms with E-state index >= 15 is 0 Å². The van der Waals surface area contributed by atoms with Crippen LogP contribution >= 0.6 is 7.05 Å². The van der Waals surface area contributed by atoms with Crippen molar-refractivity contribution in [2.75, 3.05) is 0 Å². The summed E-state index contributed by atoms with van der Waals surface area (Å²) in [6.07, 6.45) is 0. The van der Waals surface area contributed by atoms with Crippen LogP contribution in [0.2, 0.25) is 0 Å². The maximum atomic E-state index is 5.47. The van der Waals surface area contributed by atoms with E-state index in [4.69, 9.17) is 4.74 Å². The summed E-state index contributed by atoms with van der Waals surface area (Å²) in [5.74, 6) is 0. The highest BCUT2D eigenvalue weighted by atomic mass is 31.2. The van der Waals surface area contributed by atoms with Gasteiger partial charge in [0.2, 0.25) is 0 Å². The number of benzene rings is 2. The molecule has 2 aromatic carbocycles. The Hall–Kier alpha value is -1.33. The average Bonchev–Trinajstić information content (AvgIpc) is 2.44. The smallest absolute Gasteiger partial charge is 0.0696 e. The van der Waals surface area contributed by atoms with Gasteiger partial charge in [0.05, 0.1) is 5.69 Å². The molecule has 1 heterocycles. The van der Waals surface area contributed by atoms with Crippen molar-refractivity contribution < 1.29 is 0 Å². The van der Waals surface area contributed by atoms with E-state index in [0.29, 0.717) is 0 Å². The van der Waals surface area contributed by atoms with E-state index in [1.807, 2.05) is 0 Å². The van der Waals surface area contributed by atoms with Crippen LogP contribution in [0.5, 0.6) is 0 Å². The largest absolute Gasteiger partial charge is 0.261 e. The van der Waals surface area contributed by atoms with Gasteiger partial charge in [0.15, 0.2) is 0 Å². The molecular formula is C20H26NP. The fourth-order valence-corrected chi connectivity index (χ4v) is 9.53. The Morgan fingerprint density at radius 3 is 1.77 bits per heavy atom. The monoisotopic (exact) mass is 311 g/mol. The second-order valence-electron chi connectivity index (χ2n) is 8.11. The molecule has 0 saturated heterocycles. The highest BCUT2D eigenvalue weighted by molar-refractivity contribution is 7.77. The minimum Gasteiger partial charge on any atom is -0.261 e. The van der Waals surface area contributed by atoms with E-state index in [9.17, 15) is 0 Å². The number of hydrogen-bond donors (Lipinski definition) is 0. The van der Waals surface area contributed by atoms with E-state index in [1.165, 1.54) is 22.1 Å². The van der Waals surface area contributed by atoms with Crippen molar-refractivity contribution in [3.05, 3.63) is 48.5 Å². The zero-order valence-corrected chi connectivity index (χ0v) is 15.4. The molecule has 0 saturated carbocycles. The second-order valence-corrected chi connectivity index (χ2v) is 12.7. The van der Waals surface area contributed by atoms with E-state index in [1.54, 1.807) is 0 Å². The molecular weight excluding hydrogens is 285 g/mol. The molecule has 0 N–H and O–H groups in total. The van der Waals surface area contributed by atoms with Crippen LogP contribution in [0.15, 0.2) is 53.3 Å². The van der Waals surface area contributed by atoms with Crippen molar-refractivity contribution in [3.63, 3.8) is 0 Å². The van der Waals surface area contributed by atoms with Crippen molar-refractivity contribution in [3.8, 4) is 11.1 Å². The fraction of sp³-hybridized carbons (Fsp3) is 0.400. The summed E-state index contributed by atoms with van der Waals surface area (Å²) in [6.45, 7) is 14.2. The van der Waals surface area contributed by atoms with Crippen molar-refractivity contribution >= 4 is 18.0 Å². The van der Waals surface area contributed by atoms with Crippen LogP contribution in [0.1, 0.15) is 41.5 Å². The van der Waals surface area contributed by atoms with Crippen molar-refractivity contribution in [2.45, 2.75) is 51.9 Å². The van der Waals surface area contributed by atoms with Gasteiger partial charge in [-0.15, -0.1) is 0 Å². The zero-order valence-electron chi connectivity index (χ0n) is 14.5. The Morgan fingerprint density at radius 2 is 1.18 bits per heavy atom. The molecule has 0 amide bonds. The van der Waals surface area contributed by atoms with Gasteiger partial charge in [-0.2, -0.15) is 0 Å². The zero-order chi connectivity index (χ0) is 16.2. The summed E-state index contributed by atoms with van der Waals surface area (Å²) in [6, 6.07) is 17.5. The predicted octanol–water partition coefficient (Wildman–Crippen LogP) is 6.42. The molecule has 0 unspecified atom stereocenters. The van der Waals surface area contributed by atoms with Gasteiger partial charge in [-0.25, -0.2) is 0 Å². The lowest BCUT2D eigenvalue weighted by Crippen LogP contribution is -2.36. The summed E-state index contributed by atoms with van der Waals surface area (Å²) >= 11 is 0. The number of hydrogen-bond acceptors (Lipinski definition) is 1. The molecule has 1 aliphatic heterocycles. The van der Waals surface area contributed by atoms with Crippen LogP contribution in [-0.4, -0.2) is 10.3 Å². The molecule has 22 heavy (non-hydrogen) atoms. The Balaban J connectivity index is 2.54. The van der Waals surface area contributed by atoms with Crippen molar-refractivity contribution in [1.29, 1.82) is 0 Å². The highest BCUT2D eigenvalue weighted by Crippen LogP contribution is 2.72. The standard InChI is InChI=1S/C20H26NP/c1-19(2,3)22(20(4,5)6)18-14-10-8-12-16(18)15-11-7-9-13-17(15)21-22/h7-14H,1-6H3. The second kappa shape index (κ2) is 4.83. The number of nitrogens with zero attached hydrogens (tertiary/aromatic N) is 1. The normalized spacial score (nSPS) is 16.5. The Bertz CT molecular complexity index is 755. The lowest BCUT2D eigenvalue weighted by Gasteiger charge is -2.49. The van der Waals surface area contributed by atoms with Crippen LogP contribution in [0.3, 0.4) is 0 Å². The first-order chi connectivity index (χ1) is 10.2. The van der Waals surface area contributed by atoms with Crippen LogP contribution in [0.25, 0.3) is 11.1 Å². The molecule has 0 aliphatic carbocycles. The third-order valence-corrected chi connectivity index (χ3v) is 10.1. The van der Waals surface area contributed by atoms with Gasteiger partial charge < -0.3 is 0 Å². The molecule has 116 valence electrons. The van der Waals surface area contributed by atoms with E-state index in [2.05, 4.69) is 90.1 Å². The van der Waals surface area contributed by atoms with Crippen LogP contribution in [-0.2, 0) is 0 Å². The van der Waals surface area contributed by atoms with Crippen molar-refractivity contribution in [1.82, 2.24) is 0 Å². The van der Waals surface area contributed by atoms with Crippen molar-refractivity contribution in [2.24, 2.45) is 4.74 Å². The summed E-state index contributed by atoms with van der Waals surface area (Å²) in [5.41, 5.74) is 3.83. The first kappa shape index (κ1) is 15.6. The minimum absolute atomic E-state index is 0.134. The molecule has 0 spiro atoms. The Morgan fingerprint density at radius 1 is 0.682 bits per heavy atom. The number of rotatable bonds is 0. The summed E-state index contributed by atoms with van der Waals surface area (Å²) in [5, 5.41) is 1.73. The molecule has 0 bridgehead atoms. The minimum atomic E-state index is -1.76. The lowest BCUT2D eigenvalue weighted by atomic mass is 10.0. The molecule has 0 fully saturated rings. The maximum Gasteiger partial charge on any atom is 0.0696 e. The van der Waals surface area contributed by atoms with Crippen LogP contribution < -0.4 is 5.30 Å². The molecule has 3 rings (SSSR count). The van der Waals surface area contributed by atoms with E-state index in [-0.39, 0.29) is 10.3 Å². The first-order valence-corrected chi connectivity index (χ1v) is 9.74. The molecule has 0 aromatic heterocycles. The molecule has 2 heteroatoms. The van der Waals surface area contributed by atoms with Crippen LogP contribution in [0, 0.1) is 0 Å². The highest BCUT2D eigenvalue weighted by Gasteiger charge is 2.47. The topological polar surface area (TPSA) is 12.4 Å². The molecule has 0 radical (unpaired) electrons. The van der Waals surface area contributed by atoms with Gasteiger partial charge in [0.25, 0.3) is 0 Å². The summed E-state index contributed by atoms with van der Waals surface area (Å²) in [4.78, 5) is 0. The summed E-state index contributed by atoms with van der Waals surface area (Å²) < 4.78 is 5.47. The predicted molar refractivity (Wildman–Crippen MR) is 100 cm³/mol. The van der Waals surface area contributed by atoms with Gasteiger partial charge >= 0.3 is 0 Å². The Kier molecular flexibility index (Phi) is 3.42. The number of fused-ring (bicyclic) bond motifs is 3. The van der Waals surface area contributed by atoms with Gasteiger partial charge in [-0.3, -0.25) is 4.74 Å². The van der Waals surface area contributed by atoms with Gasteiger partial charge in [-0.05, 0) is 11.6 Å².